The fraction of sp³-hybridized carbons (Fsp3) is 0.818. The highest BCUT2D eigenvalue weighted by molar-refractivity contribution is 5.85. The summed E-state index contributed by atoms with van der Waals surface area (Å²) in [5, 5.41) is 9.06. The van der Waals surface area contributed by atoms with Gasteiger partial charge in [-0.3, -0.25) is 4.79 Å². The summed E-state index contributed by atoms with van der Waals surface area (Å²) in [5.41, 5.74) is 0. The van der Waals surface area contributed by atoms with Crippen LogP contribution in [-0.2, 0) is 19.1 Å². The fourth-order valence-corrected chi connectivity index (χ4v) is 1.99. The first-order valence-electron chi connectivity index (χ1n) is 5.67. The SMILES string of the molecule is COCCOCC(=O)N1CCC(C)C1C(=O)O. The van der Waals surface area contributed by atoms with Gasteiger partial charge in [0.25, 0.3) is 0 Å². The molecule has 17 heavy (non-hydrogen) atoms. The lowest BCUT2D eigenvalue weighted by Gasteiger charge is -2.23. The molecular formula is C11H19NO5. The van der Waals surface area contributed by atoms with E-state index in [1.807, 2.05) is 6.92 Å². The van der Waals surface area contributed by atoms with Crippen molar-refractivity contribution in [2.45, 2.75) is 19.4 Å². The number of rotatable bonds is 6. The molecule has 0 bridgehead atoms. The summed E-state index contributed by atoms with van der Waals surface area (Å²) in [6, 6.07) is -0.714. The molecule has 0 spiro atoms. The number of methoxy groups -OCH3 is 1. The van der Waals surface area contributed by atoms with Gasteiger partial charge in [0.05, 0.1) is 13.2 Å². The molecule has 1 aliphatic rings. The Morgan fingerprint density at radius 2 is 2.12 bits per heavy atom. The van der Waals surface area contributed by atoms with Crippen molar-refractivity contribution in [3.8, 4) is 0 Å². The summed E-state index contributed by atoms with van der Waals surface area (Å²) in [7, 11) is 1.55. The van der Waals surface area contributed by atoms with Crippen LogP contribution in [0, 0.1) is 5.92 Å². The Balaban J connectivity index is 2.42. The zero-order chi connectivity index (χ0) is 12.8. The predicted octanol–water partition coefficient (Wildman–Crippen LogP) is -0.0290. The normalized spacial score (nSPS) is 24.0. The van der Waals surface area contributed by atoms with E-state index in [0.29, 0.717) is 19.8 Å². The molecule has 1 aliphatic heterocycles. The van der Waals surface area contributed by atoms with Gasteiger partial charge in [0.15, 0.2) is 0 Å². The van der Waals surface area contributed by atoms with Crippen LogP contribution in [0.15, 0.2) is 0 Å². The summed E-state index contributed by atoms with van der Waals surface area (Å²) in [6.45, 7) is 3.01. The van der Waals surface area contributed by atoms with Crippen molar-refractivity contribution in [1.82, 2.24) is 4.90 Å². The summed E-state index contributed by atoms with van der Waals surface area (Å²) >= 11 is 0. The van der Waals surface area contributed by atoms with E-state index in [1.165, 1.54) is 4.90 Å². The molecule has 1 rings (SSSR count). The minimum atomic E-state index is -0.944. The quantitative estimate of drug-likeness (QED) is 0.665. The van der Waals surface area contributed by atoms with Crippen molar-refractivity contribution >= 4 is 11.9 Å². The number of carbonyl (C=O) groups is 2. The van der Waals surface area contributed by atoms with Crippen LogP contribution in [-0.4, -0.2) is 61.4 Å². The van der Waals surface area contributed by atoms with E-state index in [-0.39, 0.29) is 18.4 Å². The number of likely N-dealkylation sites (tertiary alicyclic amines) is 1. The van der Waals surface area contributed by atoms with Crippen LogP contribution >= 0.6 is 0 Å². The van der Waals surface area contributed by atoms with Crippen molar-refractivity contribution < 1.29 is 24.2 Å². The average molecular weight is 245 g/mol. The molecule has 2 unspecified atom stereocenters. The van der Waals surface area contributed by atoms with E-state index in [9.17, 15) is 9.59 Å². The van der Waals surface area contributed by atoms with Crippen LogP contribution in [0.4, 0.5) is 0 Å². The molecule has 1 fully saturated rings. The second-order valence-corrected chi connectivity index (χ2v) is 4.18. The Bertz CT molecular complexity index is 281. The summed E-state index contributed by atoms with van der Waals surface area (Å²) in [4.78, 5) is 24.2. The van der Waals surface area contributed by atoms with Gasteiger partial charge in [-0.05, 0) is 12.3 Å². The smallest absolute Gasteiger partial charge is 0.326 e. The molecule has 0 aromatic carbocycles. The fourth-order valence-electron chi connectivity index (χ4n) is 1.99. The van der Waals surface area contributed by atoms with Crippen LogP contribution in [0.1, 0.15) is 13.3 Å². The van der Waals surface area contributed by atoms with E-state index >= 15 is 0 Å². The topological polar surface area (TPSA) is 76.1 Å². The van der Waals surface area contributed by atoms with E-state index < -0.39 is 12.0 Å². The standard InChI is InChI=1S/C11H19NO5/c1-8-3-4-12(10(8)11(14)15)9(13)7-17-6-5-16-2/h8,10H,3-7H2,1-2H3,(H,14,15). The second kappa shape index (κ2) is 6.56. The Labute approximate surface area is 100 Å². The summed E-state index contributed by atoms with van der Waals surface area (Å²) in [5.74, 6) is -1.21. The first kappa shape index (κ1) is 13.9. The lowest BCUT2D eigenvalue weighted by Crippen LogP contribution is -2.44. The molecule has 98 valence electrons. The van der Waals surface area contributed by atoms with Crippen LogP contribution < -0.4 is 0 Å². The number of amides is 1. The van der Waals surface area contributed by atoms with E-state index in [2.05, 4.69) is 0 Å². The molecule has 1 heterocycles. The Morgan fingerprint density at radius 3 is 2.71 bits per heavy atom. The summed E-state index contributed by atoms with van der Waals surface area (Å²) < 4.78 is 9.88. The number of nitrogens with zero attached hydrogens (tertiary/aromatic N) is 1. The number of carboxylic acids is 1. The molecule has 6 heteroatoms. The van der Waals surface area contributed by atoms with Crippen LogP contribution in [0.2, 0.25) is 0 Å². The third-order valence-corrected chi connectivity index (χ3v) is 2.93. The van der Waals surface area contributed by atoms with Gasteiger partial charge in [-0.2, -0.15) is 0 Å². The molecule has 2 atom stereocenters. The number of hydrogen-bond acceptors (Lipinski definition) is 4. The van der Waals surface area contributed by atoms with Gasteiger partial charge in [0.1, 0.15) is 12.6 Å². The van der Waals surface area contributed by atoms with Gasteiger partial charge in [-0.1, -0.05) is 6.92 Å². The van der Waals surface area contributed by atoms with Gasteiger partial charge in [-0.15, -0.1) is 0 Å². The second-order valence-electron chi connectivity index (χ2n) is 4.18. The third-order valence-electron chi connectivity index (χ3n) is 2.93. The first-order valence-corrected chi connectivity index (χ1v) is 5.67. The number of carbonyl (C=O) groups excluding carboxylic acids is 1. The first-order chi connectivity index (χ1) is 8.07. The molecule has 0 aromatic heterocycles. The van der Waals surface area contributed by atoms with Crippen molar-refractivity contribution in [2.24, 2.45) is 5.92 Å². The molecule has 0 aliphatic carbocycles. The molecule has 6 nitrogen and oxygen atoms in total. The molecule has 0 saturated carbocycles. The van der Waals surface area contributed by atoms with E-state index in [1.54, 1.807) is 7.11 Å². The minimum Gasteiger partial charge on any atom is -0.480 e. The molecule has 1 N–H and O–H groups in total. The Morgan fingerprint density at radius 1 is 1.41 bits per heavy atom. The maximum atomic E-state index is 11.8. The zero-order valence-corrected chi connectivity index (χ0v) is 10.2. The van der Waals surface area contributed by atoms with Gasteiger partial charge < -0.3 is 19.5 Å². The highest BCUT2D eigenvalue weighted by Gasteiger charge is 2.39. The largest absolute Gasteiger partial charge is 0.480 e. The van der Waals surface area contributed by atoms with Gasteiger partial charge in [0, 0.05) is 13.7 Å². The molecule has 0 radical (unpaired) electrons. The maximum Gasteiger partial charge on any atom is 0.326 e. The number of ether oxygens (including phenoxy) is 2. The highest BCUT2D eigenvalue weighted by atomic mass is 16.5. The van der Waals surface area contributed by atoms with Crippen molar-refractivity contribution in [3.63, 3.8) is 0 Å². The molecule has 0 aromatic rings. The maximum absolute atomic E-state index is 11.8. The van der Waals surface area contributed by atoms with Crippen LogP contribution in [0.25, 0.3) is 0 Å². The van der Waals surface area contributed by atoms with Crippen LogP contribution in [0.5, 0.6) is 0 Å². The highest BCUT2D eigenvalue weighted by Crippen LogP contribution is 2.24. The lowest BCUT2D eigenvalue weighted by molar-refractivity contribution is -0.151. The van der Waals surface area contributed by atoms with Crippen LogP contribution in [0.3, 0.4) is 0 Å². The minimum absolute atomic E-state index is 0.00424. The van der Waals surface area contributed by atoms with Gasteiger partial charge in [0.2, 0.25) is 5.91 Å². The van der Waals surface area contributed by atoms with Gasteiger partial charge >= 0.3 is 5.97 Å². The monoisotopic (exact) mass is 245 g/mol. The van der Waals surface area contributed by atoms with Crippen molar-refractivity contribution in [2.75, 3.05) is 33.5 Å². The van der Waals surface area contributed by atoms with Gasteiger partial charge in [-0.25, -0.2) is 4.79 Å². The number of hydrogen-bond donors (Lipinski definition) is 1. The lowest BCUT2D eigenvalue weighted by atomic mass is 10.0. The average Bonchev–Trinajstić information content (AvgIpc) is 2.66. The molecule has 1 saturated heterocycles. The van der Waals surface area contributed by atoms with Crippen molar-refractivity contribution in [1.29, 1.82) is 0 Å². The molecular weight excluding hydrogens is 226 g/mol. The van der Waals surface area contributed by atoms with E-state index in [0.717, 1.165) is 6.42 Å². The Hall–Kier alpha value is -1.14. The molecule has 1 amide bonds. The number of carboxylic acid groups (broad SMARTS) is 1. The zero-order valence-electron chi connectivity index (χ0n) is 10.2. The van der Waals surface area contributed by atoms with Crippen molar-refractivity contribution in [3.05, 3.63) is 0 Å². The summed E-state index contributed by atoms with van der Waals surface area (Å²) in [6.07, 6.45) is 0.723. The number of aliphatic carboxylic acids is 1. The third kappa shape index (κ3) is 3.67. The Kier molecular flexibility index (Phi) is 5.37. The predicted molar refractivity (Wildman–Crippen MR) is 59.6 cm³/mol. The van der Waals surface area contributed by atoms with E-state index in [4.69, 9.17) is 14.6 Å².